The van der Waals surface area contributed by atoms with E-state index in [1.165, 1.54) is 23.1 Å². The molecule has 0 heterocycles. The van der Waals surface area contributed by atoms with Crippen molar-refractivity contribution in [3.63, 3.8) is 0 Å². The molecule has 0 bridgehead atoms. The van der Waals surface area contributed by atoms with E-state index in [0.717, 1.165) is 15.4 Å². The molecule has 0 unspecified atom stereocenters. The Hall–Kier alpha value is -3.56. The van der Waals surface area contributed by atoms with E-state index in [0.29, 0.717) is 22.2 Å². The Labute approximate surface area is 273 Å². The molecule has 0 saturated carbocycles. The number of anilines is 1. The summed E-state index contributed by atoms with van der Waals surface area (Å²) in [6.45, 7) is 3.16. The second kappa shape index (κ2) is 14.9. The van der Waals surface area contributed by atoms with Gasteiger partial charge in [-0.25, -0.2) is 8.42 Å². The molecule has 11 heteroatoms. The fourth-order valence-corrected chi connectivity index (χ4v) is 6.94. The molecule has 2 amide bonds. The smallest absolute Gasteiger partial charge is 0.264 e. The molecule has 0 spiro atoms. The summed E-state index contributed by atoms with van der Waals surface area (Å²) >= 11 is 19.6. The molecule has 0 fully saturated rings. The van der Waals surface area contributed by atoms with Crippen molar-refractivity contribution in [2.24, 2.45) is 0 Å². The van der Waals surface area contributed by atoms with Crippen LogP contribution in [0.4, 0.5) is 5.69 Å². The number of nitrogens with one attached hydrogen (secondary N) is 1. The molecule has 1 atom stereocenters. The first-order valence-corrected chi connectivity index (χ1v) is 16.5. The van der Waals surface area contributed by atoms with Crippen LogP contribution in [-0.2, 0) is 32.6 Å². The van der Waals surface area contributed by atoms with E-state index in [1.54, 1.807) is 55.5 Å². The summed E-state index contributed by atoms with van der Waals surface area (Å²) in [4.78, 5) is 29.4. The van der Waals surface area contributed by atoms with Gasteiger partial charge < -0.3 is 10.2 Å². The first-order valence-electron chi connectivity index (χ1n) is 13.9. The van der Waals surface area contributed by atoms with Crippen molar-refractivity contribution in [1.29, 1.82) is 0 Å². The van der Waals surface area contributed by atoms with Crippen LogP contribution in [0.1, 0.15) is 23.6 Å². The molecule has 0 radical (unpaired) electrons. The summed E-state index contributed by atoms with van der Waals surface area (Å²) in [5, 5.41) is 3.57. The zero-order chi connectivity index (χ0) is 31.9. The summed E-state index contributed by atoms with van der Waals surface area (Å²) in [5.41, 5.74) is 2.23. The van der Waals surface area contributed by atoms with Crippen LogP contribution in [0.3, 0.4) is 0 Å². The average molecular weight is 673 g/mol. The van der Waals surface area contributed by atoms with Crippen molar-refractivity contribution in [2.45, 2.75) is 37.8 Å². The van der Waals surface area contributed by atoms with Crippen LogP contribution in [0, 0.1) is 6.92 Å². The van der Waals surface area contributed by atoms with Gasteiger partial charge in [0.15, 0.2) is 0 Å². The third kappa shape index (κ3) is 7.93. The normalized spacial score (nSPS) is 11.9. The molecule has 230 valence electrons. The number of sulfonamides is 1. The van der Waals surface area contributed by atoms with Crippen LogP contribution in [0.25, 0.3) is 0 Å². The van der Waals surface area contributed by atoms with E-state index in [2.05, 4.69) is 5.32 Å². The van der Waals surface area contributed by atoms with Gasteiger partial charge in [-0.1, -0.05) is 101 Å². The van der Waals surface area contributed by atoms with Gasteiger partial charge in [0.05, 0.1) is 15.6 Å². The van der Waals surface area contributed by atoms with Gasteiger partial charge in [-0.15, -0.1) is 0 Å². The number of para-hydroxylation sites is 1. The number of likely N-dealkylation sites (N-methyl/N-ethyl adjacent to an activating group) is 1. The van der Waals surface area contributed by atoms with E-state index in [9.17, 15) is 18.0 Å². The quantitative estimate of drug-likeness (QED) is 0.177. The maximum Gasteiger partial charge on any atom is 0.264 e. The van der Waals surface area contributed by atoms with E-state index < -0.39 is 34.4 Å². The third-order valence-electron chi connectivity index (χ3n) is 7.02. The van der Waals surface area contributed by atoms with E-state index >= 15 is 0 Å². The van der Waals surface area contributed by atoms with Crippen molar-refractivity contribution >= 4 is 62.3 Å². The Morgan fingerprint density at radius 3 is 2.00 bits per heavy atom. The SMILES string of the molecule is CCNC(=O)[C@H](Cc1ccccc1)N(Cc1c(Cl)cccc1Cl)C(=O)CN(c1ccccc1Cl)S(=O)(=O)c1ccc(C)cc1. The van der Waals surface area contributed by atoms with Gasteiger partial charge in [0, 0.05) is 35.1 Å². The number of carbonyl (C=O) groups excluding carboxylic acids is 2. The molecule has 4 aromatic carbocycles. The Morgan fingerprint density at radius 2 is 1.39 bits per heavy atom. The zero-order valence-corrected chi connectivity index (χ0v) is 27.3. The molecule has 0 saturated heterocycles. The number of aryl methyl sites for hydroxylation is 1. The summed E-state index contributed by atoms with van der Waals surface area (Å²) in [6, 6.07) is 25.9. The second-order valence-electron chi connectivity index (χ2n) is 10.1. The molecule has 0 aliphatic heterocycles. The van der Waals surface area contributed by atoms with Crippen molar-refractivity contribution in [1.82, 2.24) is 10.2 Å². The van der Waals surface area contributed by atoms with Crippen molar-refractivity contribution in [2.75, 3.05) is 17.4 Å². The van der Waals surface area contributed by atoms with Gasteiger partial charge in [-0.3, -0.25) is 13.9 Å². The van der Waals surface area contributed by atoms with Crippen LogP contribution in [0.15, 0.2) is 102 Å². The number of hydrogen-bond acceptors (Lipinski definition) is 4. The number of rotatable bonds is 12. The fraction of sp³-hybridized carbons (Fsp3) is 0.212. The second-order valence-corrected chi connectivity index (χ2v) is 13.2. The molecule has 0 aliphatic rings. The molecule has 44 heavy (non-hydrogen) atoms. The molecule has 1 N–H and O–H groups in total. The summed E-state index contributed by atoms with van der Waals surface area (Å²) in [7, 11) is -4.28. The minimum Gasteiger partial charge on any atom is -0.355 e. The van der Waals surface area contributed by atoms with Crippen LogP contribution in [0.5, 0.6) is 0 Å². The number of benzene rings is 4. The lowest BCUT2D eigenvalue weighted by Gasteiger charge is -2.34. The predicted octanol–water partition coefficient (Wildman–Crippen LogP) is 6.93. The van der Waals surface area contributed by atoms with Crippen LogP contribution < -0.4 is 9.62 Å². The van der Waals surface area contributed by atoms with Gasteiger partial charge in [0.25, 0.3) is 10.0 Å². The van der Waals surface area contributed by atoms with Crippen LogP contribution in [0.2, 0.25) is 15.1 Å². The Morgan fingerprint density at radius 1 is 0.795 bits per heavy atom. The molecule has 4 rings (SSSR count). The molecule has 4 aromatic rings. The van der Waals surface area contributed by atoms with Crippen molar-refractivity contribution in [3.8, 4) is 0 Å². The lowest BCUT2D eigenvalue weighted by molar-refractivity contribution is -0.140. The largest absolute Gasteiger partial charge is 0.355 e. The maximum atomic E-state index is 14.4. The number of nitrogens with zero attached hydrogens (tertiary/aromatic N) is 2. The summed E-state index contributed by atoms with van der Waals surface area (Å²) < 4.78 is 29.2. The Kier molecular flexibility index (Phi) is 11.3. The predicted molar refractivity (Wildman–Crippen MR) is 177 cm³/mol. The highest BCUT2D eigenvalue weighted by atomic mass is 35.5. The van der Waals surface area contributed by atoms with E-state index in [1.807, 2.05) is 37.3 Å². The number of hydrogen-bond donors (Lipinski definition) is 1. The molecule has 7 nitrogen and oxygen atoms in total. The minimum atomic E-state index is -4.28. The summed E-state index contributed by atoms with van der Waals surface area (Å²) in [5.74, 6) is -1.05. The van der Waals surface area contributed by atoms with Gasteiger partial charge >= 0.3 is 0 Å². The van der Waals surface area contributed by atoms with Gasteiger partial charge in [0.2, 0.25) is 11.8 Å². The van der Waals surface area contributed by atoms with E-state index in [-0.39, 0.29) is 28.6 Å². The average Bonchev–Trinajstić information content (AvgIpc) is 3.00. The van der Waals surface area contributed by atoms with E-state index in [4.69, 9.17) is 34.8 Å². The van der Waals surface area contributed by atoms with Crippen molar-refractivity contribution in [3.05, 3.63) is 129 Å². The highest BCUT2D eigenvalue weighted by Gasteiger charge is 2.35. The van der Waals surface area contributed by atoms with Crippen molar-refractivity contribution < 1.29 is 18.0 Å². The molecule has 0 aliphatic carbocycles. The highest BCUT2D eigenvalue weighted by molar-refractivity contribution is 7.92. The topological polar surface area (TPSA) is 86.8 Å². The fourth-order valence-electron chi connectivity index (χ4n) is 4.70. The van der Waals surface area contributed by atoms with Crippen LogP contribution in [-0.4, -0.2) is 44.3 Å². The minimum absolute atomic E-state index is 0.0129. The molecular formula is C33H32Cl3N3O4S. The van der Waals surface area contributed by atoms with Gasteiger partial charge in [0.1, 0.15) is 12.6 Å². The number of amides is 2. The first kappa shape index (κ1) is 33.3. The summed E-state index contributed by atoms with van der Waals surface area (Å²) in [6.07, 6.45) is 0.164. The number of halogens is 3. The number of carbonyl (C=O) groups is 2. The zero-order valence-electron chi connectivity index (χ0n) is 24.2. The molecule has 0 aromatic heterocycles. The lowest BCUT2D eigenvalue weighted by Crippen LogP contribution is -2.53. The van der Waals surface area contributed by atoms with Gasteiger partial charge in [-0.2, -0.15) is 0 Å². The maximum absolute atomic E-state index is 14.4. The Balaban J connectivity index is 1.84. The first-order chi connectivity index (χ1) is 21.0. The third-order valence-corrected chi connectivity index (χ3v) is 9.82. The van der Waals surface area contributed by atoms with Crippen LogP contribution >= 0.6 is 34.8 Å². The molecular weight excluding hydrogens is 641 g/mol. The highest BCUT2D eigenvalue weighted by Crippen LogP contribution is 2.32. The van der Waals surface area contributed by atoms with Gasteiger partial charge in [-0.05, 0) is 55.8 Å². The standard InChI is InChI=1S/C33H32Cl3N3O4S/c1-3-37-33(41)31(20-24-10-5-4-6-11-24)38(21-26-27(34)13-9-14-28(26)35)32(40)22-39(30-15-8-7-12-29(30)36)44(42,43)25-18-16-23(2)17-19-25/h4-19,31H,3,20-22H2,1-2H3,(H,37,41)/t31-/m0/s1. The monoisotopic (exact) mass is 671 g/mol. The lowest BCUT2D eigenvalue weighted by atomic mass is 10.0. The Bertz CT molecular complexity index is 1700.